The molecular weight excluding hydrogens is 337 g/mol. The minimum absolute atomic E-state index is 0.111. The number of rotatable bonds is 3. The Morgan fingerprint density at radius 1 is 1.37 bits per heavy atom. The summed E-state index contributed by atoms with van der Waals surface area (Å²) in [5, 5.41) is 17.6. The predicted octanol–water partition coefficient (Wildman–Crippen LogP) is 2.78. The fraction of sp³-hybridized carbons (Fsp3) is 0. The van der Waals surface area contributed by atoms with Crippen LogP contribution in [0.2, 0.25) is 5.02 Å². The molecule has 98 valence electrons. The van der Waals surface area contributed by atoms with Crippen molar-refractivity contribution in [2.75, 3.05) is 5.32 Å². The molecule has 0 saturated heterocycles. The first kappa shape index (κ1) is 13.6. The average molecular weight is 345 g/mol. The summed E-state index contributed by atoms with van der Waals surface area (Å²) >= 11 is 9.04. The summed E-state index contributed by atoms with van der Waals surface area (Å²) < 4.78 is 0.573. The highest BCUT2D eigenvalue weighted by Gasteiger charge is 2.14. The molecule has 0 atom stereocenters. The van der Waals surface area contributed by atoms with Gasteiger partial charge in [-0.2, -0.15) is 5.10 Å². The lowest BCUT2D eigenvalue weighted by atomic mass is 10.2. The standard InChI is InChI=1S/C11H7BrClN3O3/c12-7-2-1-5(13)3-6(7)10(17)14-9-4-8(11(18)19)15-16-9/h1-4H,(H,18,19)(H2,14,15,16,17). The lowest BCUT2D eigenvalue weighted by molar-refractivity contribution is 0.0690. The molecule has 1 aromatic carbocycles. The zero-order chi connectivity index (χ0) is 14.0. The lowest BCUT2D eigenvalue weighted by Crippen LogP contribution is -2.12. The number of hydrogen-bond acceptors (Lipinski definition) is 3. The van der Waals surface area contributed by atoms with Gasteiger partial charge in [-0.25, -0.2) is 4.79 Å². The highest BCUT2D eigenvalue weighted by atomic mass is 79.9. The summed E-state index contributed by atoms with van der Waals surface area (Å²) in [7, 11) is 0. The Morgan fingerprint density at radius 3 is 2.74 bits per heavy atom. The maximum Gasteiger partial charge on any atom is 0.353 e. The van der Waals surface area contributed by atoms with Gasteiger partial charge in [-0.3, -0.25) is 9.89 Å². The number of nitrogens with one attached hydrogen (secondary N) is 2. The van der Waals surface area contributed by atoms with Gasteiger partial charge in [-0.1, -0.05) is 11.6 Å². The SMILES string of the molecule is O=C(O)c1cc(NC(=O)c2cc(Cl)ccc2Br)n[nH]1. The number of carboxylic acids is 1. The van der Waals surface area contributed by atoms with E-state index in [-0.39, 0.29) is 11.5 Å². The van der Waals surface area contributed by atoms with Gasteiger partial charge in [-0.05, 0) is 34.1 Å². The topological polar surface area (TPSA) is 95.1 Å². The van der Waals surface area contributed by atoms with Crippen LogP contribution in [-0.4, -0.2) is 27.2 Å². The van der Waals surface area contributed by atoms with Crippen LogP contribution < -0.4 is 5.32 Å². The summed E-state index contributed by atoms with van der Waals surface area (Å²) in [5.41, 5.74) is 0.216. The minimum atomic E-state index is -1.16. The first-order valence-corrected chi connectivity index (χ1v) is 6.19. The molecule has 2 rings (SSSR count). The Balaban J connectivity index is 2.20. The van der Waals surface area contributed by atoms with Crippen molar-refractivity contribution in [3.8, 4) is 0 Å². The molecule has 0 unspecified atom stereocenters. The van der Waals surface area contributed by atoms with Gasteiger partial charge in [0, 0.05) is 15.6 Å². The van der Waals surface area contributed by atoms with E-state index in [2.05, 4.69) is 31.4 Å². The second kappa shape index (κ2) is 5.41. The van der Waals surface area contributed by atoms with Crippen molar-refractivity contribution >= 4 is 45.2 Å². The van der Waals surface area contributed by atoms with Crippen molar-refractivity contribution in [2.24, 2.45) is 0 Å². The van der Waals surface area contributed by atoms with Crippen LogP contribution in [0.3, 0.4) is 0 Å². The zero-order valence-corrected chi connectivity index (χ0v) is 11.6. The molecule has 1 heterocycles. The fourth-order valence-electron chi connectivity index (χ4n) is 1.35. The summed E-state index contributed by atoms with van der Waals surface area (Å²) in [4.78, 5) is 22.6. The molecule has 0 aliphatic heterocycles. The minimum Gasteiger partial charge on any atom is -0.477 e. The van der Waals surface area contributed by atoms with Crippen LogP contribution in [0.5, 0.6) is 0 Å². The predicted molar refractivity (Wildman–Crippen MR) is 72.7 cm³/mol. The van der Waals surface area contributed by atoms with Crippen molar-refractivity contribution < 1.29 is 14.7 Å². The fourth-order valence-corrected chi connectivity index (χ4v) is 1.95. The van der Waals surface area contributed by atoms with Gasteiger partial charge < -0.3 is 10.4 Å². The Kier molecular flexibility index (Phi) is 3.87. The molecule has 0 aliphatic carbocycles. The van der Waals surface area contributed by atoms with E-state index in [4.69, 9.17) is 16.7 Å². The highest BCUT2D eigenvalue weighted by molar-refractivity contribution is 9.10. The van der Waals surface area contributed by atoms with E-state index in [1.54, 1.807) is 12.1 Å². The molecular formula is C11H7BrClN3O3. The number of aromatic carboxylic acids is 1. The van der Waals surface area contributed by atoms with E-state index in [1.165, 1.54) is 12.1 Å². The van der Waals surface area contributed by atoms with E-state index in [0.717, 1.165) is 0 Å². The van der Waals surface area contributed by atoms with Gasteiger partial charge in [0.15, 0.2) is 5.82 Å². The number of hydrogen-bond donors (Lipinski definition) is 3. The van der Waals surface area contributed by atoms with Crippen LogP contribution in [0.15, 0.2) is 28.7 Å². The van der Waals surface area contributed by atoms with Crippen LogP contribution in [0.25, 0.3) is 0 Å². The Labute approximate surface area is 120 Å². The van der Waals surface area contributed by atoms with Crippen LogP contribution >= 0.6 is 27.5 Å². The number of carbonyl (C=O) groups is 2. The Bertz CT molecular complexity index is 656. The summed E-state index contributed by atoms with van der Waals surface area (Å²) in [5.74, 6) is -1.48. The van der Waals surface area contributed by atoms with Gasteiger partial charge in [0.1, 0.15) is 5.69 Å². The second-order valence-corrected chi connectivity index (χ2v) is 4.84. The van der Waals surface area contributed by atoms with E-state index < -0.39 is 11.9 Å². The maximum atomic E-state index is 12.0. The third-order valence-corrected chi connectivity index (χ3v) is 3.15. The lowest BCUT2D eigenvalue weighted by Gasteiger charge is -2.04. The largest absolute Gasteiger partial charge is 0.477 e. The van der Waals surface area contributed by atoms with E-state index in [1.807, 2.05) is 0 Å². The third-order valence-electron chi connectivity index (χ3n) is 2.22. The van der Waals surface area contributed by atoms with Crippen LogP contribution in [0, 0.1) is 0 Å². The van der Waals surface area contributed by atoms with Crippen LogP contribution in [-0.2, 0) is 0 Å². The highest BCUT2D eigenvalue weighted by Crippen LogP contribution is 2.22. The number of H-pyrrole nitrogens is 1. The van der Waals surface area contributed by atoms with Gasteiger partial charge in [-0.15, -0.1) is 0 Å². The third kappa shape index (κ3) is 3.12. The summed E-state index contributed by atoms with van der Waals surface area (Å²) in [6.45, 7) is 0. The number of carboxylic acid groups (broad SMARTS) is 1. The van der Waals surface area contributed by atoms with E-state index in [9.17, 15) is 9.59 Å². The smallest absolute Gasteiger partial charge is 0.353 e. The number of aromatic amines is 1. The summed E-state index contributed by atoms with van der Waals surface area (Å²) in [6.07, 6.45) is 0. The van der Waals surface area contributed by atoms with Gasteiger partial charge in [0.05, 0.1) is 5.56 Å². The molecule has 3 N–H and O–H groups in total. The van der Waals surface area contributed by atoms with Gasteiger partial charge in [0.25, 0.3) is 5.91 Å². The zero-order valence-electron chi connectivity index (χ0n) is 9.28. The molecule has 0 spiro atoms. The van der Waals surface area contributed by atoms with Gasteiger partial charge >= 0.3 is 5.97 Å². The van der Waals surface area contributed by atoms with Crippen molar-refractivity contribution in [3.63, 3.8) is 0 Å². The molecule has 0 radical (unpaired) electrons. The normalized spacial score (nSPS) is 10.2. The second-order valence-electron chi connectivity index (χ2n) is 3.55. The molecule has 2 aromatic rings. The number of amides is 1. The molecule has 0 fully saturated rings. The number of benzene rings is 1. The summed E-state index contributed by atoms with van der Waals surface area (Å²) in [6, 6.07) is 5.99. The molecule has 0 bridgehead atoms. The Hall–Kier alpha value is -1.86. The molecule has 1 aromatic heterocycles. The number of carbonyl (C=O) groups excluding carboxylic acids is 1. The van der Waals surface area contributed by atoms with Crippen molar-refractivity contribution in [1.29, 1.82) is 0 Å². The number of halogens is 2. The van der Waals surface area contributed by atoms with Crippen molar-refractivity contribution in [1.82, 2.24) is 10.2 Å². The van der Waals surface area contributed by atoms with Crippen LogP contribution in [0.4, 0.5) is 5.82 Å². The van der Waals surface area contributed by atoms with E-state index >= 15 is 0 Å². The van der Waals surface area contributed by atoms with E-state index in [0.29, 0.717) is 15.1 Å². The monoisotopic (exact) mass is 343 g/mol. The molecule has 0 saturated carbocycles. The van der Waals surface area contributed by atoms with Crippen molar-refractivity contribution in [2.45, 2.75) is 0 Å². The first-order chi connectivity index (χ1) is 8.97. The first-order valence-electron chi connectivity index (χ1n) is 5.02. The maximum absolute atomic E-state index is 12.0. The molecule has 19 heavy (non-hydrogen) atoms. The van der Waals surface area contributed by atoms with Crippen molar-refractivity contribution in [3.05, 3.63) is 45.0 Å². The van der Waals surface area contributed by atoms with Gasteiger partial charge in [0.2, 0.25) is 0 Å². The molecule has 0 aliphatic rings. The van der Waals surface area contributed by atoms with Crippen LogP contribution in [0.1, 0.15) is 20.8 Å². The number of nitrogens with zero attached hydrogens (tertiary/aromatic N) is 1. The average Bonchev–Trinajstić information content (AvgIpc) is 2.80. The number of anilines is 1. The molecule has 1 amide bonds. The molecule has 8 heteroatoms. The molecule has 6 nitrogen and oxygen atoms in total. The Morgan fingerprint density at radius 2 is 2.11 bits per heavy atom. The number of aromatic nitrogens is 2. The quantitative estimate of drug-likeness (QED) is 0.798.